The van der Waals surface area contributed by atoms with Gasteiger partial charge in [0.15, 0.2) is 0 Å². The van der Waals surface area contributed by atoms with Crippen LogP contribution in [0.5, 0.6) is 5.75 Å². The van der Waals surface area contributed by atoms with Crippen molar-refractivity contribution < 1.29 is 17.9 Å². The van der Waals surface area contributed by atoms with E-state index in [0.717, 1.165) is 16.4 Å². The number of carbonyl (C=O) groups excluding carboxylic acids is 1. The molecule has 0 spiro atoms. The van der Waals surface area contributed by atoms with Gasteiger partial charge in [-0.2, -0.15) is 0 Å². The van der Waals surface area contributed by atoms with Crippen LogP contribution in [-0.2, 0) is 27.7 Å². The SMILES string of the molecule is CCc1ccc(NC(=O)CCc2cc(S(=O)(=O)N(C)C)ccc2OC)cc1. The van der Waals surface area contributed by atoms with Gasteiger partial charge in [-0.25, -0.2) is 12.7 Å². The van der Waals surface area contributed by atoms with Crippen molar-refractivity contribution in [2.45, 2.75) is 31.1 Å². The van der Waals surface area contributed by atoms with Crippen LogP contribution in [0.3, 0.4) is 0 Å². The van der Waals surface area contributed by atoms with Crippen LogP contribution in [0.4, 0.5) is 5.69 Å². The summed E-state index contributed by atoms with van der Waals surface area (Å²) in [5, 5.41) is 2.86. The quantitative estimate of drug-likeness (QED) is 0.752. The predicted octanol–water partition coefficient (Wildman–Crippen LogP) is 3.08. The van der Waals surface area contributed by atoms with Crippen molar-refractivity contribution in [3.8, 4) is 5.75 Å². The molecule has 0 heterocycles. The highest BCUT2D eigenvalue weighted by Gasteiger charge is 2.19. The zero-order chi connectivity index (χ0) is 20.0. The Hall–Kier alpha value is -2.38. The maximum atomic E-state index is 12.3. The Bertz CT molecular complexity index is 891. The topological polar surface area (TPSA) is 75.7 Å². The number of hydrogen-bond acceptors (Lipinski definition) is 4. The standard InChI is InChI=1S/C20H26N2O4S/c1-5-15-6-9-17(10-7-15)21-20(23)13-8-16-14-18(11-12-19(16)26-4)27(24,25)22(2)3/h6-7,9-12,14H,5,8,13H2,1-4H3,(H,21,23). The first-order chi connectivity index (χ1) is 12.8. The molecular formula is C20H26N2O4S. The number of amides is 1. The highest BCUT2D eigenvalue weighted by Crippen LogP contribution is 2.25. The molecule has 0 fully saturated rings. The third-order valence-corrected chi connectivity index (χ3v) is 6.11. The summed E-state index contributed by atoms with van der Waals surface area (Å²) in [4.78, 5) is 12.4. The highest BCUT2D eigenvalue weighted by molar-refractivity contribution is 7.89. The van der Waals surface area contributed by atoms with Crippen LogP contribution in [0.2, 0.25) is 0 Å². The Labute approximate surface area is 161 Å². The van der Waals surface area contributed by atoms with Gasteiger partial charge < -0.3 is 10.1 Å². The number of carbonyl (C=O) groups is 1. The molecule has 0 saturated heterocycles. The van der Waals surface area contributed by atoms with E-state index in [2.05, 4.69) is 12.2 Å². The lowest BCUT2D eigenvalue weighted by Crippen LogP contribution is -2.22. The first kappa shape index (κ1) is 20.9. The molecule has 0 aliphatic carbocycles. The summed E-state index contributed by atoms with van der Waals surface area (Å²) in [5.41, 5.74) is 2.63. The Kier molecular flexibility index (Phi) is 6.98. The van der Waals surface area contributed by atoms with Crippen molar-refractivity contribution in [1.82, 2.24) is 4.31 Å². The maximum Gasteiger partial charge on any atom is 0.242 e. The van der Waals surface area contributed by atoms with Crippen LogP contribution in [0.15, 0.2) is 47.4 Å². The Balaban J connectivity index is 2.10. The second kappa shape index (κ2) is 9.01. The monoisotopic (exact) mass is 390 g/mol. The fourth-order valence-corrected chi connectivity index (χ4v) is 3.57. The third-order valence-electron chi connectivity index (χ3n) is 4.30. The van der Waals surface area contributed by atoms with Crippen LogP contribution in [0.1, 0.15) is 24.5 Å². The van der Waals surface area contributed by atoms with E-state index in [1.165, 1.54) is 32.8 Å². The van der Waals surface area contributed by atoms with Gasteiger partial charge in [-0.05, 0) is 54.3 Å². The molecule has 2 rings (SSSR count). The molecule has 0 atom stereocenters. The molecule has 0 bridgehead atoms. The van der Waals surface area contributed by atoms with Gasteiger partial charge in [-0.1, -0.05) is 19.1 Å². The summed E-state index contributed by atoms with van der Waals surface area (Å²) in [5.74, 6) is 0.426. The first-order valence-corrected chi connectivity index (χ1v) is 10.2. The van der Waals surface area contributed by atoms with Crippen molar-refractivity contribution in [3.05, 3.63) is 53.6 Å². The number of benzene rings is 2. The lowest BCUT2D eigenvalue weighted by Gasteiger charge is -2.14. The van der Waals surface area contributed by atoms with E-state index in [1.54, 1.807) is 12.1 Å². The number of nitrogens with zero attached hydrogens (tertiary/aromatic N) is 1. The van der Waals surface area contributed by atoms with Crippen molar-refractivity contribution in [3.63, 3.8) is 0 Å². The van der Waals surface area contributed by atoms with E-state index < -0.39 is 10.0 Å². The van der Waals surface area contributed by atoms with E-state index in [9.17, 15) is 13.2 Å². The Morgan fingerprint density at radius 2 is 1.78 bits per heavy atom. The largest absolute Gasteiger partial charge is 0.496 e. The Morgan fingerprint density at radius 3 is 2.33 bits per heavy atom. The molecule has 0 saturated carbocycles. The van der Waals surface area contributed by atoms with Gasteiger partial charge in [0.1, 0.15) is 5.75 Å². The maximum absolute atomic E-state index is 12.3. The molecule has 7 heteroatoms. The number of sulfonamides is 1. The molecule has 27 heavy (non-hydrogen) atoms. The third kappa shape index (κ3) is 5.30. The lowest BCUT2D eigenvalue weighted by atomic mass is 10.1. The summed E-state index contributed by atoms with van der Waals surface area (Å²) in [7, 11) is 0.946. The average molecular weight is 391 g/mol. The van der Waals surface area contributed by atoms with Gasteiger partial charge in [-0.3, -0.25) is 4.79 Å². The number of rotatable bonds is 8. The fourth-order valence-electron chi connectivity index (χ4n) is 2.62. The molecule has 2 aromatic rings. The van der Waals surface area contributed by atoms with Crippen LogP contribution in [0, 0.1) is 0 Å². The van der Waals surface area contributed by atoms with E-state index in [1.807, 2.05) is 24.3 Å². The molecule has 0 aromatic heterocycles. The summed E-state index contributed by atoms with van der Waals surface area (Å²) in [6.45, 7) is 2.07. The normalized spacial score (nSPS) is 11.4. The van der Waals surface area contributed by atoms with E-state index >= 15 is 0 Å². The molecule has 146 valence electrons. The average Bonchev–Trinajstić information content (AvgIpc) is 2.66. The highest BCUT2D eigenvalue weighted by atomic mass is 32.2. The predicted molar refractivity (Wildman–Crippen MR) is 107 cm³/mol. The molecule has 1 amide bonds. The fraction of sp³-hybridized carbons (Fsp3) is 0.350. The minimum absolute atomic E-state index is 0.137. The minimum Gasteiger partial charge on any atom is -0.496 e. The van der Waals surface area contributed by atoms with E-state index in [4.69, 9.17) is 4.74 Å². The number of methoxy groups -OCH3 is 1. The lowest BCUT2D eigenvalue weighted by molar-refractivity contribution is -0.116. The van der Waals surface area contributed by atoms with E-state index in [0.29, 0.717) is 17.7 Å². The molecule has 1 N–H and O–H groups in total. The second-order valence-electron chi connectivity index (χ2n) is 6.36. The molecule has 6 nitrogen and oxygen atoms in total. The van der Waals surface area contributed by atoms with Crippen molar-refractivity contribution in [1.29, 1.82) is 0 Å². The minimum atomic E-state index is -3.54. The van der Waals surface area contributed by atoms with Gasteiger partial charge in [0, 0.05) is 26.2 Å². The molecule has 0 radical (unpaired) electrons. The van der Waals surface area contributed by atoms with E-state index in [-0.39, 0.29) is 17.2 Å². The molecule has 2 aromatic carbocycles. The van der Waals surface area contributed by atoms with Crippen LogP contribution >= 0.6 is 0 Å². The molecule has 0 unspecified atom stereocenters. The van der Waals surface area contributed by atoms with Crippen molar-refractivity contribution in [2.75, 3.05) is 26.5 Å². The molecule has 0 aliphatic rings. The van der Waals surface area contributed by atoms with Gasteiger partial charge >= 0.3 is 0 Å². The first-order valence-electron chi connectivity index (χ1n) is 8.76. The summed E-state index contributed by atoms with van der Waals surface area (Å²) in [6, 6.07) is 12.4. The van der Waals surface area contributed by atoms with Crippen LogP contribution in [-0.4, -0.2) is 39.8 Å². The summed E-state index contributed by atoms with van der Waals surface area (Å²) < 4.78 is 31.1. The number of anilines is 1. The van der Waals surface area contributed by atoms with Crippen LogP contribution < -0.4 is 10.1 Å². The zero-order valence-corrected chi connectivity index (χ0v) is 17.0. The number of aryl methyl sites for hydroxylation is 2. The smallest absolute Gasteiger partial charge is 0.242 e. The number of hydrogen-bond donors (Lipinski definition) is 1. The van der Waals surface area contributed by atoms with Gasteiger partial charge in [0.05, 0.1) is 12.0 Å². The number of ether oxygens (including phenoxy) is 1. The van der Waals surface area contributed by atoms with Crippen molar-refractivity contribution >= 4 is 21.6 Å². The van der Waals surface area contributed by atoms with Crippen molar-refractivity contribution in [2.24, 2.45) is 0 Å². The summed E-state index contributed by atoms with van der Waals surface area (Å²) >= 11 is 0. The van der Waals surface area contributed by atoms with Gasteiger partial charge in [0.25, 0.3) is 0 Å². The number of nitrogens with one attached hydrogen (secondary N) is 1. The van der Waals surface area contributed by atoms with Gasteiger partial charge in [0.2, 0.25) is 15.9 Å². The molecular weight excluding hydrogens is 364 g/mol. The zero-order valence-electron chi connectivity index (χ0n) is 16.2. The summed E-state index contributed by atoms with van der Waals surface area (Å²) in [6.07, 6.45) is 1.54. The Morgan fingerprint density at radius 1 is 1.11 bits per heavy atom. The van der Waals surface area contributed by atoms with Crippen LogP contribution in [0.25, 0.3) is 0 Å². The van der Waals surface area contributed by atoms with Gasteiger partial charge in [-0.15, -0.1) is 0 Å². The second-order valence-corrected chi connectivity index (χ2v) is 8.51. The molecule has 0 aliphatic heterocycles.